The van der Waals surface area contributed by atoms with E-state index in [1.54, 1.807) is 18.2 Å². The molecule has 18 heavy (non-hydrogen) atoms. The SMILES string of the molecule is C[C@H](NCC(=O)Nc1cccc(Cl)c1Cl)C(=O)O. The van der Waals surface area contributed by atoms with Crippen molar-refractivity contribution >= 4 is 40.8 Å². The topological polar surface area (TPSA) is 78.4 Å². The average Bonchev–Trinajstić information content (AvgIpc) is 2.32. The number of nitrogens with one attached hydrogen (secondary N) is 2. The van der Waals surface area contributed by atoms with Gasteiger partial charge in [0, 0.05) is 0 Å². The van der Waals surface area contributed by atoms with Gasteiger partial charge in [-0.15, -0.1) is 0 Å². The molecule has 0 fully saturated rings. The molecule has 0 unspecified atom stereocenters. The lowest BCUT2D eigenvalue weighted by atomic mass is 10.3. The summed E-state index contributed by atoms with van der Waals surface area (Å²) in [6.45, 7) is 1.32. The molecule has 0 spiro atoms. The Morgan fingerprint density at radius 3 is 2.67 bits per heavy atom. The number of anilines is 1. The molecule has 0 saturated heterocycles. The molecule has 0 aliphatic heterocycles. The summed E-state index contributed by atoms with van der Waals surface area (Å²) in [5, 5.41) is 14.3. The number of carbonyl (C=O) groups excluding carboxylic acids is 1. The van der Waals surface area contributed by atoms with Gasteiger partial charge < -0.3 is 10.4 Å². The van der Waals surface area contributed by atoms with Gasteiger partial charge in [0.1, 0.15) is 6.04 Å². The van der Waals surface area contributed by atoms with E-state index in [4.69, 9.17) is 28.3 Å². The number of aliphatic carboxylic acids is 1. The lowest BCUT2D eigenvalue weighted by Gasteiger charge is -2.10. The van der Waals surface area contributed by atoms with Crippen LogP contribution in [0.15, 0.2) is 18.2 Å². The first-order valence-electron chi connectivity index (χ1n) is 5.12. The molecule has 1 amide bonds. The molecule has 1 atom stereocenters. The lowest BCUT2D eigenvalue weighted by Crippen LogP contribution is -2.39. The maximum atomic E-state index is 11.5. The fourth-order valence-corrected chi connectivity index (χ4v) is 1.48. The van der Waals surface area contributed by atoms with Gasteiger partial charge in [0.2, 0.25) is 5.91 Å². The van der Waals surface area contributed by atoms with Crippen molar-refractivity contribution < 1.29 is 14.7 Å². The summed E-state index contributed by atoms with van der Waals surface area (Å²) >= 11 is 11.7. The number of benzene rings is 1. The highest BCUT2D eigenvalue weighted by molar-refractivity contribution is 6.43. The van der Waals surface area contributed by atoms with E-state index in [2.05, 4.69) is 10.6 Å². The van der Waals surface area contributed by atoms with E-state index in [9.17, 15) is 9.59 Å². The second-order valence-corrected chi connectivity index (χ2v) is 4.38. The van der Waals surface area contributed by atoms with Crippen LogP contribution in [0.4, 0.5) is 5.69 Å². The minimum atomic E-state index is -1.02. The van der Waals surface area contributed by atoms with Crippen molar-refractivity contribution in [2.75, 3.05) is 11.9 Å². The van der Waals surface area contributed by atoms with Gasteiger partial charge in [-0.05, 0) is 19.1 Å². The molecule has 1 rings (SSSR count). The van der Waals surface area contributed by atoms with Crippen LogP contribution in [0, 0.1) is 0 Å². The van der Waals surface area contributed by atoms with Crippen LogP contribution >= 0.6 is 23.2 Å². The Kier molecular flexibility index (Phi) is 5.40. The molecule has 0 radical (unpaired) electrons. The summed E-state index contributed by atoms with van der Waals surface area (Å²) in [6.07, 6.45) is 0. The monoisotopic (exact) mass is 290 g/mol. The third-order valence-corrected chi connectivity index (χ3v) is 2.98. The fourth-order valence-electron chi connectivity index (χ4n) is 1.13. The fraction of sp³-hybridized carbons (Fsp3) is 0.273. The van der Waals surface area contributed by atoms with Gasteiger partial charge in [-0.25, -0.2) is 0 Å². The zero-order valence-electron chi connectivity index (χ0n) is 9.54. The number of carboxylic acids is 1. The Bertz CT molecular complexity index is 466. The standard InChI is InChI=1S/C11H12Cl2N2O3/c1-6(11(17)18)14-5-9(16)15-8-4-2-3-7(12)10(8)13/h2-4,6,14H,5H2,1H3,(H,15,16)(H,17,18)/t6-/m0/s1. The maximum Gasteiger partial charge on any atom is 0.320 e. The quantitative estimate of drug-likeness (QED) is 0.775. The van der Waals surface area contributed by atoms with Gasteiger partial charge in [0.05, 0.1) is 22.3 Å². The molecule has 5 nitrogen and oxygen atoms in total. The summed E-state index contributed by atoms with van der Waals surface area (Å²) in [5.41, 5.74) is 0.388. The van der Waals surface area contributed by atoms with Gasteiger partial charge in [0.15, 0.2) is 0 Å². The smallest absolute Gasteiger partial charge is 0.320 e. The average molecular weight is 291 g/mol. The molecule has 0 saturated carbocycles. The van der Waals surface area contributed by atoms with Gasteiger partial charge in [-0.3, -0.25) is 14.9 Å². The molecule has 0 aliphatic rings. The molecular weight excluding hydrogens is 279 g/mol. The molecule has 0 aromatic heterocycles. The van der Waals surface area contributed by atoms with Crippen molar-refractivity contribution in [3.63, 3.8) is 0 Å². The molecule has 0 bridgehead atoms. The highest BCUT2D eigenvalue weighted by atomic mass is 35.5. The predicted molar refractivity (Wildman–Crippen MR) is 70.2 cm³/mol. The Balaban J connectivity index is 2.55. The van der Waals surface area contributed by atoms with Crippen LogP contribution in [0.2, 0.25) is 10.0 Å². The molecular formula is C11H12Cl2N2O3. The first kappa shape index (κ1) is 14.8. The molecule has 1 aromatic rings. The zero-order valence-corrected chi connectivity index (χ0v) is 11.0. The van der Waals surface area contributed by atoms with Crippen LogP contribution in [-0.2, 0) is 9.59 Å². The van der Waals surface area contributed by atoms with Crippen molar-refractivity contribution in [1.29, 1.82) is 0 Å². The highest BCUT2D eigenvalue weighted by Crippen LogP contribution is 2.29. The van der Waals surface area contributed by atoms with Crippen LogP contribution in [-0.4, -0.2) is 29.6 Å². The van der Waals surface area contributed by atoms with Crippen LogP contribution < -0.4 is 10.6 Å². The van der Waals surface area contributed by atoms with Crippen molar-refractivity contribution in [3.8, 4) is 0 Å². The maximum absolute atomic E-state index is 11.5. The summed E-state index contributed by atoms with van der Waals surface area (Å²) in [7, 11) is 0. The normalized spacial score (nSPS) is 11.9. The Morgan fingerprint density at radius 2 is 2.06 bits per heavy atom. The Morgan fingerprint density at radius 1 is 1.39 bits per heavy atom. The number of hydrogen-bond donors (Lipinski definition) is 3. The molecule has 98 valence electrons. The van der Waals surface area contributed by atoms with Crippen LogP contribution in [0.1, 0.15) is 6.92 Å². The van der Waals surface area contributed by atoms with E-state index in [-0.39, 0.29) is 11.6 Å². The van der Waals surface area contributed by atoms with Crippen molar-refractivity contribution in [3.05, 3.63) is 28.2 Å². The van der Waals surface area contributed by atoms with E-state index in [1.165, 1.54) is 6.92 Å². The second-order valence-electron chi connectivity index (χ2n) is 3.59. The third kappa shape index (κ3) is 4.18. The Labute approximate surface area is 114 Å². The van der Waals surface area contributed by atoms with Crippen LogP contribution in [0.3, 0.4) is 0 Å². The number of halogens is 2. The first-order valence-corrected chi connectivity index (χ1v) is 5.87. The first-order chi connectivity index (χ1) is 8.41. The van der Waals surface area contributed by atoms with Gasteiger partial charge >= 0.3 is 5.97 Å². The molecule has 0 heterocycles. The van der Waals surface area contributed by atoms with Gasteiger partial charge in [-0.2, -0.15) is 0 Å². The van der Waals surface area contributed by atoms with E-state index < -0.39 is 17.9 Å². The molecule has 1 aromatic carbocycles. The Hall–Kier alpha value is -1.30. The minimum Gasteiger partial charge on any atom is -0.480 e. The molecule has 7 heteroatoms. The summed E-state index contributed by atoms with van der Waals surface area (Å²) < 4.78 is 0. The van der Waals surface area contributed by atoms with E-state index >= 15 is 0 Å². The summed E-state index contributed by atoms with van der Waals surface area (Å²) in [6, 6.07) is 4.05. The van der Waals surface area contributed by atoms with E-state index in [0.717, 1.165) is 0 Å². The third-order valence-electron chi connectivity index (χ3n) is 2.16. The molecule has 3 N–H and O–H groups in total. The van der Waals surface area contributed by atoms with E-state index in [0.29, 0.717) is 10.7 Å². The lowest BCUT2D eigenvalue weighted by molar-refractivity contribution is -0.139. The number of amides is 1. The number of carbonyl (C=O) groups is 2. The van der Waals surface area contributed by atoms with Crippen LogP contribution in [0.25, 0.3) is 0 Å². The number of rotatable bonds is 5. The molecule has 0 aliphatic carbocycles. The van der Waals surface area contributed by atoms with Crippen molar-refractivity contribution in [1.82, 2.24) is 5.32 Å². The van der Waals surface area contributed by atoms with Gasteiger partial charge in [-0.1, -0.05) is 29.3 Å². The zero-order chi connectivity index (χ0) is 13.7. The highest BCUT2D eigenvalue weighted by Gasteiger charge is 2.13. The summed E-state index contributed by atoms with van der Waals surface area (Å²) in [5.74, 6) is -1.42. The van der Waals surface area contributed by atoms with Crippen molar-refractivity contribution in [2.24, 2.45) is 0 Å². The second kappa shape index (κ2) is 6.58. The largest absolute Gasteiger partial charge is 0.480 e. The van der Waals surface area contributed by atoms with E-state index in [1.807, 2.05) is 0 Å². The predicted octanol–water partition coefficient (Wildman–Crippen LogP) is 1.99. The van der Waals surface area contributed by atoms with Crippen LogP contribution in [0.5, 0.6) is 0 Å². The minimum absolute atomic E-state index is 0.129. The van der Waals surface area contributed by atoms with Crippen molar-refractivity contribution in [2.45, 2.75) is 13.0 Å². The number of carboxylic acid groups (broad SMARTS) is 1. The number of hydrogen-bond acceptors (Lipinski definition) is 3. The summed E-state index contributed by atoms with van der Waals surface area (Å²) in [4.78, 5) is 22.1. The van der Waals surface area contributed by atoms with Gasteiger partial charge in [0.25, 0.3) is 0 Å².